The van der Waals surface area contributed by atoms with Crippen LogP contribution in [0, 0.1) is 16.0 Å². The number of nitrogens with zero attached hydrogens (tertiary/aromatic N) is 2. The van der Waals surface area contributed by atoms with Crippen LogP contribution in [0.3, 0.4) is 0 Å². The molecule has 2 atom stereocenters. The van der Waals surface area contributed by atoms with E-state index in [1.165, 1.54) is 6.07 Å². The Kier molecular flexibility index (Phi) is 3.77. The molecular formula is C13H14ClN3O4. The summed E-state index contributed by atoms with van der Waals surface area (Å²) in [6, 6.07) is 1.12. The number of ether oxygens (including phenoxy) is 1. The largest absolute Gasteiger partial charge is 0.376 e. The summed E-state index contributed by atoms with van der Waals surface area (Å²) in [5.41, 5.74) is -0.416. The highest BCUT2D eigenvalue weighted by molar-refractivity contribution is 6.29. The van der Waals surface area contributed by atoms with Gasteiger partial charge in [0.1, 0.15) is 16.9 Å². The monoisotopic (exact) mass is 311 g/mol. The Hall–Kier alpha value is -1.73. The van der Waals surface area contributed by atoms with E-state index in [4.69, 9.17) is 16.3 Å². The average molecular weight is 312 g/mol. The molecule has 0 radical (unpaired) electrons. The van der Waals surface area contributed by atoms with Crippen molar-refractivity contribution >= 4 is 23.2 Å². The minimum Gasteiger partial charge on any atom is -0.376 e. The molecule has 1 aromatic rings. The molecule has 1 saturated carbocycles. The van der Waals surface area contributed by atoms with Gasteiger partial charge in [-0.1, -0.05) is 11.6 Å². The molecule has 2 fully saturated rings. The van der Waals surface area contributed by atoms with Gasteiger partial charge in [-0.15, -0.1) is 0 Å². The number of aromatic nitrogens is 1. The molecule has 21 heavy (non-hydrogen) atoms. The number of carbonyl (C=O) groups excluding carboxylic acids is 1. The van der Waals surface area contributed by atoms with Crippen LogP contribution in [-0.4, -0.2) is 34.6 Å². The first-order valence-electron chi connectivity index (χ1n) is 6.78. The van der Waals surface area contributed by atoms with Crippen LogP contribution in [0.4, 0.5) is 5.69 Å². The van der Waals surface area contributed by atoms with Crippen molar-refractivity contribution in [3.8, 4) is 0 Å². The normalized spacial score (nSPS) is 24.8. The predicted octanol–water partition coefficient (Wildman–Crippen LogP) is 1.94. The van der Waals surface area contributed by atoms with Gasteiger partial charge in [0.15, 0.2) is 0 Å². The molecule has 2 aliphatic rings. The third-order valence-corrected chi connectivity index (χ3v) is 4.04. The molecule has 0 spiro atoms. The quantitative estimate of drug-likeness (QED) is 0.521. The third kappa shape index (κ3) is 2.98. The summed E-state index contributed by atoms with van der Waals surface area (Å²) in [6.45, 7) is 0.602. The molecule has 1 aliphatic heterocycles. The molecule has 1 aromatic heterocycles. The number of rotatable bonds is 4. The summed E-state index contributed by atoms with van der Waals surface area (Å²) >= 11 is 5.73. The number of hydrogen-bond donors (Lipinski definition) is 1. The maximum absolute atomic E-state index is 12.3. The van der Waals surface area contributed by atoms with E-state index < -0.39 is 10.8 Å². The molecule has 3 rings (SSSR count). The molecule has 7 nitrogen and oxygen atoms in total. The number of halogens is 1. The van der Waals surface area contributed by atoms with E-state index in [0.29, 0.717) is 12.5 Å². The first-order valence-corrected chi connectivity index (χ1v) is 7.16. The number of carbonyl (C=O) groups is 1. The SMILES string of the molecule is O=C(NC1CCOC1C1CC1)c1cc(Cl)ncc1[N+](=O)[O-]. The number of nitrogens with one attached hydrogen (secondary N) is 1. The number of pyridine rings is 1. The molecule has 1 N–H and O–H groups in total. The van der Waals surface area contributed by atoms with Gasteiger partial charge in [-0.3, -0.25) is 14.9 Å². The van der Waals surface area contributed by atoms with Gasteiger partial charge in [-0.2, -0.15) is 0 Å². The Morgan fingerprint density at radius 2 is 2.24 bits per heavy atom. The van der Waals surface area contributed by atoms with Crippen LogP contribution in [0.25, 0.3) is 0 Å². The first kappa shape index (κ1) is 14.2. The summed E-state index contributed by atoms with van der Waals surface area (Å²) in [6.07, 6.45) is 3.96. The van der Waals surface area contributed by atoms with E-state index in [1.54, 1.807) is 0 Å². The third-order valence-electron chi connectivity index (χ3n) is 3.83. The molecule has 8 heteroatoms. The molecule has 0 bridgehead atoms. The van der Waals surface area contributed by atoms with Crippen molar-refractivity contribution in [1.82, 2.24) is 10.3 Å². The van der Waals surface area contributed by atoms with Crippen LogP contribution < -0.4 is 5.32 Å². The van der Waals surface area contributed by atoms with Crippen molar-refractivity contribution in [2.45, 2.75) is 31.4 Å². The first-order chi connectivity index (χ1) is 10.1. The lowest BCUT2D eigenvalue weighted by Gasteiger charge is -2.19. The Balaban J connectivity index is 1.78. The Morgan fingerprint density at radius 1 is 1.48 bits per heavy atom. The fourth-order valence-electron chi connectivity index (χ4n) is 2.65. The molecule has 1 saturated heterocycles. The van der Waals surface area contributed by atoms with Crippen molar-refractivity contribution in [2.75, 3.05) is 6.61 Å². The van der Waals surface area contributed by atoms with Crippen molar-refractivity contribution in [3.05, 3.63) is 33.1 Å². The highest BCUT2D eigenvalue weighted by atomic mass is 35.5. The Morgan fingerprint density at radius 3 is 2.90 bits per heavy atom. The number of amides is 1. The fourth-order valence-corrected chi connectivity index (χ4v) is 2.81. The molecule has 2 heterocycles. The highest BCUT2D eigenvalue weighted by Crippen LogP contribution is 2.38. The van der Waals surface area contributed by atoms with Gasteiger partial charge in [0.2, 0.25) is 0 Å². The van der Waals surface area contributed by atoms with Gasteiger partial charge in [0.05, 0.1) is 17.1 Å². The molecule has 1 aliphatic carbocycles. The zero-order valence-electron chi connectivity index (χ0n) is 11.1. The van der Waals surface area contributed by atoms with Crippen LogP contribution in [0.2, 0.25) is 5.15 Å². The van der Waals surface area contributed by atoms with Crippen molar-refractivity contribution in [2.24, 2.45) is 5.92 Å². The summed E-state index contributed by atoms with van der Waals surface area (Å²) in [5, 5.41) is 13.9. The lowest BCUT2D eigenvalue weighted by atomic mass is 10.1. The summed E-state index contributed by atoms with van der Waals surface area (Å²) in [5.74, 6) is -0.0130. The van der Waals surface area contributed by atoms with E-state index in [0.717, 1.165) is 25.5 Å². The Labute approximate surface area is 125 Å². The van der Waals surface area contributed by atoms with Crippen LogP contribution in [-0.2, 0) is 4.74 Å². The highest BCUT2D eigenvalue weighted by Gasteiger charge is 2.41. The Bertz CT molecular complexity index is 591. The van der Waals surface area contributed by atoms with Crippen LogP contribution in [0.1, 0.15) is 29.6 Å². The average Bonchev–Trinajstić information content (AvgIpc) is 3.19. The van der Waals surface area contributed by atoms with E-state index in [-0.39, 0.29) is 28.5 Å². The van der Waals surface area contributed by atoms with Gasteiger partial charge >= 0.3 is 0 Å². The lowest BCUT2D eigenvalue weighted by Crippen LogP contribution is -2.41. The molecular weight excluding hydrogens is 298 g/mol. The molecule has 2 unspecified atom stereocenters. The molecule has 112 valence electrons. The second-order valence-electron chi connectivity index (χ2n) is 5.32. The number of nitro groups is 1. The summed E-state index contributed by atoms with van der Waals surface area (Å²) < 4.78 is 5.64. The second-order valence-corrected chi connectivity index (χ2v) is 5.71. The summed E-state index contributed by atoms with van der Waals surface area (Å²) in [4.78, 5) is 26.3. The van der Waals surface area contributed by atoms with Crippen molar-refractivity contribution in [3.63, 3.8) is 0 Å². The van der Waals surface area contributed by atoms with Gasteiger partial charge in [-0.25, -0.2) is 4.98 Å². The zero-order chi connectivity index (χ0) is 15.0. The fraction of sp³-hybridized carbons (Fsp3) is 0.538. The van der Waals surface area contributed by atoms with Crippen LogP contribution in [0.5, 0.6) is 0 Å². The molecule has 0 aromatic carbocycles. The minimum atomic E-state index is -0.637. The predicted molar refractivity (Wildman–Crippen MR) is 74.2 cm³/mol. The molecule has 1 amide bonds. The van der Waals surface area contributed by atoms with Gasteiger partial charge in [-0.05, 0) is 31.2 Å². The maximum Gasteiger partial charge on any atom is 0.300 e. The van der Waals surface area contributed by atoms with E-state index in [1.807, 2.05) is 0 Å². The smallest absolute Gasteiger partial charge is 0.300 e. The van der Waals surface area contributed by atoms with E-state index in [2.05, 4.69) is 10.3 Å². The second kappa shape index (κ2) is 5.57. The maximum atomic E-state index is 12.3. The van der Waals surface area contributed by atoms with E-state index in [9.17, 15) is 14.9 Å². The van der Waals surface area contributed by atoms with Crippen molar-refractivity contribution in [1.29, 1.82) is 0 Å². The lowest BCUT2D eigenvalue weighted by molar-refractivity contribution is -0.385. The zero-order valence-corrected chi connectivity index (χ0v) is 11.9. The minimum absolute atomic E-state index is 0.0188. The summed E-state index contributed by atoms with van der Waals surface area (Å²) in [7, 11) is 0. The standard InChI is InChI=1S/C13H14ClN3O4/c14-11-5-8(10(6-15-11)17(19)20)13(18)16-9-3-4-21-12(9)7-1-2-7/h5-7,9,12H,1-4H2,(H,16,18). The van der Waals surface area contributed by atoms with Crippen LogP contribution >= 0.6 is 11.6 Å². The van der Waals surface area contributed by atoms with Crippen molar-refractivity contribution < 1.29 is 14.5 Å². The topological polar surface area (TPSA) is 94.4 Å². The van der Waals surface area contributed by atoms with E-state index >= 15 is 0 Å². The number of hydrogen-bond acceptors (Lipinski definition) is 5. The van der Waals surface area contributed by atoms with Gasteiger partial charge in [0, 0.05) is 6.61 Å². The van der Waals surface area contributed by atoms with Gasteiger partial charge < -0.3 is 10.1 Å². The van der Waals surface area contributed by atoms with Gasteiger partial charge in [0.25, 0.3) is 11.6 Å². The van der Waals surface area contributed by atoms with Crippen LogP contribution in [0.15, 0.2) is 12.3 Å².